The summed E-state index contributed by atoms with van der Waals surface area (Å²) in [6.45, 7) is 0. The van der Waals surface area contributed by atoms with Crippen LogP contribution in [0.2, 0.25) is 0 Å². The number of nitrogen functional groups attached to an aromatic ring is 1. The summed E-state index contributed by atoms with van der Waals surface area (Å²) in [5, 5.41) is 14.5. The average Bonchev–Trinajstić information content (AvgIpc) is 3.42. The van der Waals surface area contributed by atoms with E-state index in [2.05, 4.69) is 10.1 Å². The van der Waals surface area contributed by atoms with Gasteiger partial charge in [0.25, 0.3) is 0 Å². The van der Waals surface area contributed by atoms with Crippen LogP contribution in [-0.4, -0.2) is 24.7 Å². The molecule has 3 N–H and O–H groups in total. The van der Waals surface area contributed by atoms with Gasteiger partial charge in [0, 0.05) is 22.9 Å². The Labute approximate surface area is 170 Å². The standard InChI is InChI=1S/C22H15N5O3/c23-15-5-2-1-4-13(15)20-25-21-19-18(16-6-3-9-29-16)14-8-7-12(28)10-17(14)30-22(19)24-11-27(21)26-20/h1-11,18,28H,23H2. The van der Waals surface area contributed by atoms with E-state index in [4.69, 9.17) is 19.9 Å². The van der Waals surface area contributed by atoms with Gasteiger partial charge in [-0.1, -0.05) is 18.2 Å². The molecule has 8 heteroatoms. The lowest BCUT2D eigenvalue weighted by Gasteiger charge is -2.26. The molecule has 0 saturated heterocycles. The van der Waals surface area contributed by atoms with E-state index in [1.165, 1.54) is 0 Å². The van der Waals surface area contributed by atoms with Crippen LogP contribution in [0.5, 0.6) is 17.4 Å². The molecule has 1 atom stereocenters. The number of para-hydroxylation sites is 1. The van der Waals surface area contributed by atoms with E-state index in [9.17, 15) is 5.11 Å². The molecular weight excluding hydrogens is 382 g/mol. The molecule has 30 heavy (non-hydrogen) atoms. The first-order valence-electron chi connectivity index (χ1n) is 9.33. The SMILES string of the molecule is Nc1ccccc1-c1nc2c3c(ncn2n1)Oc1cc(O)ccc1C3c1ccco1. The molecule has 0 saturated carbocycles. The Morgan fingerprint density at radius 2 is 1.97 bits per heavy atom. The number of furan rings is 1. The maximum absolute atomic E-state index is 9.92. The van der Waals surface area contributed by atoms with Crippen molar-refractivity contribution in [2.75, 3.05) is 5.73 Å². The molecule has 0 fully saturated rings. The normalized spacial score (nSPS) is 14.9. The van der Waals surface area contributed by atoms with Crippen LogP contribution in [0.15, 0.2) is 71.6 Å². The van der Waals surface area contributed by atoms with Crippen molar-refractivity contribution in [3.05, 3.63) is 84.1 Å². The molecule has 0 spiro atoms. The summed E-state index contributed by atoms with van der Waals surface area (Å²) in [5.41, 5.74) is 9.63. The monoisotopic (exact) mass is 397 g/mol. The second-order valence-corrected chi connectivity index (χ2v) is 7.03. The van der Waals surface area contributed by atoms with Crippen LogP contribution < -0.4 is 10.5 Å². The first kappa shape index (κ1) is 16.6. The van der Waals surface area contributed by atoms with E-state index >= 15 is 0 Å². The molecule has 1 unspecified atom stereocenters. The summed E-state index contributed by atoms with van der Waals surface area (Å²) in [6.07, 6.45) is 3.18. The molecule has 6 rings (SSSR count). The van der Waals surface area contributed by atoms with Crippen molar-refractivity contribution in [2.45, 2.75) is 5.92 Å². The predicted octanol–water partition coefficient (Wildman–Crippen LogP) is 3.96. The molecule has 8 nitrogen and oxygen atoms in total. The fourth-order valence-corrected chi connectivity index (χ4v) is 3.87. The number of aromatic hydroxyl groups is 1. The van der Waals surface area contributed by atoms with Crippen molar-refractivity contribution in [1.29, 1.82) is 0 Å². The number of phenols is 1. The third-order valence-corrected chi connectivity index (χ3v) is 5.22. The van der Waals surface area contributed by atoms with E-state index in [1.54, 1.807) is 29.2 Å². The highest BCUT2D eigenvalue weighted by Crippen LogP contribution is 2.48. The lowest BCUT2D eigenvalue weighted by molar-refractivity contribution is 0.409. The second-order valence-electron chi connectivity index (χ2n) is 7.03. The number of benzene rings is 2. The van der Waals surface area contributed by atoms with Gasteiger partial charge in [-0.25, -0.2) is 14.5 Å². The van der Waals surface area contributed by atoms with Gasteiger partial charge in [-0.15, -0.1) is 5.10 Å². The number of nitrogens with zero attached hydrogens (tertiary/aromatic N) is 4. The highest BCUT2D eigenvalue weighted by Gasteiger charge is 2.35. The molecule has 1 aliphatic heterocycles. The molecule has 2 aromatic carbocycles. The Morgan fingerprint density at radius 3 is 2.80 bits per heavy atom. The minimum Gasteiger partial charge on any atom is -0.508 e. The number of rotatable bonds is 2. The molecule has 5 aromatic rings. The number of anilines is 1. The first-order chi connectivity index (χ1) is 14.7. The van der Waals surface area contributed by atoms with Gasteiger partial charge in [-0.2, -0.15) is 0 Å². The Balaban J connectivity index is 1.63. The maximum atomic E-state index is 9.92. The topological polar surface area (TPSA) is 112 Å². The highest BCUT2D eigenvalue weighted by atomic mass is 16.5. The van der Waals surface area contributed by atoms with Crippen LogP contribution in [0.3, 0.4) is 0 Å². The van der Waals surface area contributed by atoms with Gasteiger partial charge in [0.2, 0.25) is 5.88 Å². The second kappa shape index (κ2) is 6.08. The number of nitrogens with two attached hydrogens (primary N) is 1. The van der Waals surface area contributed by atoms with E-state index in [0.29, 0.717) is 34.5 Å². The molecule has 0 amide bonds. The number of ether oxygens (including phenoxy) is 1. The summed E-state index contributed by atoms with van der Waals surface area (Å²) in [7, 11) is 0. The fraction of sp³-hybridized carbons (Fsp3) is 0.0455. The van der Waals surface area contributed by atoms with Gasteiger partial charge >= 0.3 is 0 Å². The quantitative estimate of drug-likeness (QED) is 0.425. The van der Waals surface area contributed by atoms with Crippen molar-refractivity contribution in [2.24, 2.45) is 0 Å². The van der Waals surface area contributed by atoms with Gasteiger partial charge in [0.15, 0.2) is 11.5 Å². The van der Waals surface area contributed by atoms with Crippen LogP contribution >= 0.6 is 0 Å². The van der Waals surface area contributed by atoms with Gasteiger partial charge in [-0.3, -0.25) is 0 Å². The van der Waals surface area contributed by atoms with Crippen molar-refractivity contribution >= 4 is 11.3 Å². The Kier molecular flexibility index (Phi) is 3.37. The van der Waals surface area contributed by atoms with E-state index in [-0.39, 0.29) is 11.7 Å². The predicted molar refractivity (Wildman–Crippen MR) is 108 cm³/mol. The van der Waals surface area contributed by atoms with Crippen LogP contribution in [0.4, 0.5) is 5.69 Å². The van der Waals surface area contributed by atoms with Gasteiger partial charge < -0.3 is 20.0 Å². The zero-order valence-corrected chi connectivity index (χ0v) is 15.6. The number of hydrogen-bond donors (Lipinski definition) is 2. The number of aromatic nitrogens is 4. The number of fused-ring (bicyclic) bond motifs is 4. The molecule has 0 bridgehead atoms. The minimum atomic E-state index is -0.319. The summed E-state index contributed by atoms with van der Waals surface area (Å²) in [5.74, 6) is 1.92. The molecule has 3 aromatic heterocycles. The minimum absolute atomic E-state index is 0.112. The number of phenolic OH excluding ortho intramolecular Hbond substituents is 1. The van der Waals surface area contributed by atoms with E-state index in [1.807, 2.05) is 42.5 Å². The number of hydrogen-bond acceptors (Lipinski definition) is 7. The van der Waals surface area contributed by atoms with Crippen molar-refractivity contribution in [3.8, 4) is 28.8 Å². The zero-order valence-electron chi connectivity index (χ0n) is 15.6. The van der Waals surface area contributed by atoms with Crippen molar-refractivity contribution in [3.63, 3.8) is 0 Å². The van der Waals surface area contributed by atoms with Crippen LogP contribution in [0.25, 0.3) is 17.0 Å². The van der Waals surface area contributed by atoms with Crippen LogP contribution in [0.1, 0.15) is 22.8 Å². The smallest absolute Gasteiger partial charge is 0.228 e. The van der Waals surface area contributed by atoms with Gasteiger partial charge in [-0.05, 0) is 30.3 Å². The maximum Gasteiger partial charge on any atom is 0.228 e. The Bertz CT molecular complexity index is 1410. The largest absolute Gasteiger partial charge is 0.508 e. The fourth-order valence-electron chi connectivity index (χ4n) is 3.87. The summed E-state index contributed by atoms with van der Waals surface area (Å²) in [4.78, 5) is 9.22. The average molecular weight is 397 g/mol. The molecule has 146 valence electrons. The van der Waals surface area contributed by atoms with Gasteiger partial charge in [0.05, 0.1) is 17.7 Å². The summed E-state index contributed by atoms with van der Waals surface area (Å²) < 4.78 is 13.4. The van der Waals surface area contributed by atoms with E-state index in [0.717, 1.165) is 16.7 Å². The highest BCUT2D eigenvalue weighted by molar-refractivity contribution is 5.74. The first-order valence-corrected chi connectivity index (χ1v) is 9.33. The van der Waals surface area contributed by atoms with E-state index < -0.39 is 0 Å². The molecule has 0 radical (unpaired) electrons. The van der Waals surface area contributed by atoms with Crippen LogP contribution in [0, 0.1) is 0 Å². The third kappa shape index (κ3) is 2.37. The Hall–Kier alpha value is -4.33. The van der Waals surface area contributed by atoms with Crippen molar-refractivity contribution < 1.29 is 14.3 Å². The zero-order chi connectivity index (χ0) is 20.2. The summed E-state index contributed by atoms with van der Waals surface area (Å²) >= 11 is 0. The van der Waals surface area contributed by atoms with Gasteiger partial charge in [0.1, 0.15) is 23.6 Å². The molecule has 0 aliphatic carbocycles. The lowest BCUT2D eigenvalue weighted by atomic mass is 9.87. The molecule has 4 heterocycles. The third-order valence-electron chi connectivity index (χ3n) is 5.22. The summed E-state index contributed by atoms with van der Waals surface area (Å²) in [6, 6.07) is 16.2. The Morgan fingerprint density at radius 1 is 1.07 bits per heavy atom. The molecular formula is C22H15N5O3. The van der Waals surface area contributed by atoms with Crippen LogP contribution in [-0.2, 0) is 0 Å². The van der Waals surface area contributed by atoms with Crippen molar-refractivity contribution in [1.82, 2.24) is 19.6 Å². The molecule has 1 aliphatic rings. The lowest BCUT2D eigenvalue weighted by Crippen LogP contribution is -2.14.